The Labute approximate surface area is 230 Å². The number of unbranched alkanes of at least 4 members (excludes halogenated alkanes) is 2. The summed E-state index contributed by atoms with van der Waals surface area (Å²) in [5, 5.41) is 0.735. The molecule has 0 fully saturated rings. The predicted molar refractivity (Wildman–Crippen MR) is 148 cm³/mol. The summed E-state index contributed by atoms with van der Waals surface area (Å²) in [5.41, 5.74) is 2.30. The minimum absolute atomic E-state index is 0.0137. The predicted octanol–water partition coefficient (Wildman–Crippen LogP) is 7.22. The van der Waals surface area contributed by atoms with Crippen LogP contribution in [0.15, 0.2) is 63.8 Å². The van der Waals surface area contributed by atoms with E-state index in [0.717, 1.165) is 24.8 Å². The molecule has 1 unspecified atom stereocenters. The van der Waals surface area contributed by atoms with Gasteiger partial charge in [0, 0.05) is 11.6 Å². The van der Waals surface area contributed by atoms with Gasteiger partial charge in [0.15, 0.2) is 16.9 Å². The van der Waals surface area contributed by atoms with Crippen LogP contribution in [0.25, 0.3) is 11.0 Å². The summed E-state index contributed by atoms with van der Waals surface area (Å²) in [6, 6.07) is 13.8. The van der Waals surface area contributed by atoms with E-state index in [1.165, 1.54) is 12.1 Å². The molecular formula is C31H29ClFNO5. The highest BCUT2D eigenvalue weighted by atomic mass is 35.5. The van der Waals surface area contributed by atoms with Gasteiger partial charge in [0.1, 0.15) is 11.4 Å². The van der Waals surface area contributed by atoms with Crippen molar-refractivity contribution >= 4 is 28.5 Å². The molecule has 0 spiro atoms. The van der Waals surface area contributed by atoms with Crippen LogP contribution < -0.4 is 14.9 Å². The number of methoxy groups -OCH3 is 1. The third kappa shape index (κ3) is 5.11. The molecule has 8 heteroatoms. The summed E-state index contributed by atoms with van der Waals surface area (Å²) in [5.74, 6) is 0.265. The van der Waals surface area contributed by atoms with E-state index in [0.29, 0.717) is 45.2 Å². The normalized spacial score (nSPS) is 14.6. The maximum Gasteiger partial charge on any atom is 0.291 e. The minimum atomic E-state index is -0.763. The van der Waals surface area contributed by atoms with Crippen LogP contribution in [-0.2, 0) is 6.54 Å². The molecule has 1 atom stereocenters. The van der Waals surface area contributed by atoms with Crippen molar-refractivity contribution in [1.29, 1.82) is 0 Å². The maximum atomic E-state index is 13.9. The van der Waals surface area contributed by atoms with Crippen LogP contribution in [0, 0.1) is 12.7 Å². The highest BCUT2D eigenvalue weighted by molar-refractivity contribution is 6.32. The second kappa shape index (κ2) is 11.1. The second-order valence-electron chi connectivity index (χ2n) is 9.70. The third-order valence-corrected chi connectivity index (χ3v) is 7.43. The molecule has 39 heavy (non-hydrogen) atoms. The van der Waals surface area contributed by atoms with E-state index in [1.807, 2.05) is 6.07 Å². The molecule has 0 saturated heterocycles. The Balaban J connectivity index is 1.63. The monoisotopic (exact) mass is 549 g/mol. The van der Waals surface area contributed by atoms with Gasteiger partial charge in [0.25, 0.3) is 5.91 Å². The average Bonchev–Trinajstić information content (AvgIpc) is 3.20. The Kier molecular flexibility index (Phi) is 7.62. The molecule has 0 radical (unpaired) electrons. The molecule has 2 heterocycles. The first-order chi connectivity index (χ1) is 18.8. The van der Waals surface area contributed by atoms with Crippen molar-refractivity contribution in [3.63, 3.8) is 0 Å². The zero-order chi connectivity index (χ0) is 27.7. The van der Waals surface area contributed by atoms with Gasteiger partial charge < -0.3 is 18.8 Å². The number of halogens is 2. The van der Waals surface area contributed by atoms with Crippen LogP contribution in [0.2, 0.25) is 5.02 Å². The molecule has 5 rings (SSSR count). The smallest absolute Gasteiger partial charge is 0.291 e. The number of hydrogen-bond donors (Lipinski definition) is 0. The molecule has 0 saturated carbocycles. The van der Waals surface area contributed by atoms with Crippen LogP contribution in [0.1, 0.15) is 65.0 Å². The summed E-state index contributed by atoms with van der Waals surface area (Å²) in [6.07, 6.45) is 3.07. The molecule has 0 aliphatic carbocycles. The Morgan fingerprint density at radius 2 is 1.79 bits per heavy atom. The molecule has 1 amide bonds. The number of carbonyl (C=O) groups is 1. The topological polar surface area (TPSA) is 69.0 Å². The van der Waals surface area contributed by atoms with Crippen molar-refractivity contribution in [2.75, 3.05) is 13.7 Å². The molecule has 202 valence electrons. The van der Waals surface area contributed by atoms with Gasteiger partial charge >= 0.3 is 0 Å². The fraction of sp³-hybridized carbons (Fsp3) is 0.290. The lowest BCUT2D eigenvalue weighted by Crippen LogP contribution is -2.29. The number of amides is 1. The molecule has 6 nitrogen and oxygen atoms in total. The molecule has 0 N–H and O–H groups in total. The van der Waals surface area contributed by atoms with Gasteiger partial charge in [-0.05, 0) is 66.4 Å². The van der Waals surface area contributed by atoms with Crippen molar-refractivity contribution in [3.05, 3.63) is 104 Å². The fourth-order valence-electron chi connectivity index (χ4n) is 4.94. The van der Waals surface area contributed by atoms with Crippen molar-refractivity contribution in [3.8, 4) is 11.5 Å². The molecule has 3 aromatic carbocycles. The standard InChI is InChI=1S/C31H29ClFNO5/c1-4-5-6-13-38-24-12-9-20(15-26(24)37-3)28-27-29(35)22-16-23(32)18(2)14-25(22)39-30(27)31(36)34(28)17-19-7-10-21(33)11-8-19/h7-12,14-16,28H,4-6,13,17H2,1-3H3. The van der Waals surface area contributed by atoms with Gasteiger partial charge in [-0.3, -0.25) is 9.59 Å². The van der Waals surface area contributed by atoms with E-state index in [4.69, 9.17) is 25.5 Å². The van der Waals surface area contributed by atoms with Crippen molar-refractivity contribution in [1.82, 2.24) is 4.90 Å². The van der Waals surface area contributed by atoms with Gasteiger partial charge in [-0.15, -0.1) is 0 Å². The van der Waals surface area contributed by atoms with Gasteiger partial charge in [0.2, 0.25) is 5.76 Å². The SMILES string of the molecule is CCCCCOc1ccc(C2c3c(oc4cc(C)c(Cl)cc4c3=O)C(=O)N2Cc2ccc(F)cc2)cc1OC. The Morgan fingerprint density at radius 3 is 2.51 bits per heavy atom. The second-order valence-corrected chi connectivity index (χ2v) is 10.1. The number of ether oxygens (including phenoxy) is 2. The van der Waals surface area contributed by atoms with Crippen LogP contribution in [0.4, 0.5) is 4.39 Å². The Morgan fingerprint density at radius 1 is 1.03 bits per heavy atom. The molecule has 1 aromatic heterocycles. The average molecular weight is 550 g/mol. The van der Waals surface area contributed by atoms with E-state index in [2.05, 4.69) is 6.92 Å². The van der Waals surface area contributed by atoms with Crippen LogP contribution in [-0.4, -0.2) is 24.5 Å². The zero-order valence-corrected chi connectivity index (χ0v) is 22.8. The van der Waals surface area contributed by atoms with E-state index in [-0.39, 0.29) is 29.1 Å². The number of carbonyl (C=O) groups excluding carboxylic acids is 1. The number of hydrogen-bond acceptors (Lipinski definition) is 5. The van der Waals surface area contributed by atoms with Gasteiger partial charge in [0.05, 0.1) is 30.7 Å². The lowest BCUT2D eigenvalue weighted by molar-refractivity contribution is 0.0714. The lowest BCUT2D eigenvalue weighted by Gasteiger charge is -2.26. The van der Waals surface area contributed by atoms with E-state index in [9.17, 15) is 14.0 Å². The van der Waals surface area contributed by atoms with E-state index >= 15 is 0 Å². The summed E-state index contributed by atoms with van der Waals surface area (Å²) >= 11 is 6.34. The quantitative estimate of drug-likeness (QED) is 0.206. The Bertz CT molecular complexity index is 1600. The summed E-state index contributed by atoms with van der Waals surface area (Å²) < 4.78 is 31.2. The first-order valence-electron chi connectivity index (χ1n) is 12.9. The molecule has 1 aliphatic heterocycles. The number of rotatable bonds is 9. The fourth-order valence-corrected chi connectivity index (χ4v) is 5.11. The van der Waals surface area contributed by atoms with Gasteiger partial charge in [-0.1, -0.05) is 49.6 Å². The number of nitrogens with zero attached hydrogens (tertiary/aromatic N) is 1. The summed E-state index contributed by atoms with van der Waals surface area (Å²) in [6.45, 7) is 4.63. The minimum Gasteiger partial charge on any atom is -0.493 e. The molecular weight excluding hydrogens is 521 g/mol. The van der Waals surface area contributed by atoms with E-state index < -0.39 is 11.9 Å². The highest BCUT2D eigenvalue weighted by Crippen LogP contribution is 2.42. The zero-order valence-electron chi connectivity index (χ0n) is 22.1. The molecule has 1 aliphatic rings. The van der Waals surface area contributed by atoms with Gasteiger partial charge in [-0.25, -0.2) is 4.39 Å². The number of fused-ring (bicyclic) bond motifs is 2. The van der Waals surface area contributed by atoms with Crippen LogP contribution >= 0.6 is 11.6 Å². The maximum absolute atomic E-state index is 13.9. The first-order valence-corrected chi connectivity index (χ1v) is 13.3. The van der Waals surface area contributed by atoms with E-state index in [1.54, 1.807) is 55.3 Å². The summed E-state index contributed by atoms with van der Waals surface area (Å²) in [7, 11) is 1.55. The first kappa shape index (κ1) is 26.8. The number of benzene rings is 3. The van der Waals surface area contributed by atoms with Crippen LogP contribution in [0.3, 0.4) is 0 Å². The summed E-state index contributed by atoms with van der Waals surface area (Å²) in [4.78, 5) is 29.2. The van der Waals surface area contributed by atoms with Gasteiger partial charge in [-0.2, -0.15) is 0 Å². The van der Waals surface area contributed by atoms with Crippen LogP contribution in [0.5, 0.6) is 11.5 Å². The van der Waals surface area contributed by atoms with Crippen molar-refractivity contribution in [2.24, 2.45) is 0 Å². The Hall–Kier alpha value is -3.84. The third-order valence-electron chi connectivity index (χ3n) is 7.02. The van der Waals surface area contributed by atoms with Crippen molar-refractivity contribution in [2.45, 2.75) is 45.7 Å². The largest absolute Gasteiger partial charge is 0.493 e. The highest BCUT2D eigenvalue weighted by Gasteiger charge is 2.43. The lowest BCUT2D eigenvalue weighted by atomic mass is 9.97. The number of aryl methyl sites for hydroxylation is 1. The molecule has 0 bridgehead atoms. The van der Waals surface area contributed by atoms with Crippen molar-refractivity contribution < 1.29 is 23.1 Å². The molecule has 4 aromatic rings.